The number of hydrogen-bond donors (Lipinski definition) is 2. The first-order valence-corrected chi connectivity index (χ1v) is 3.38. The van der Waals surface area contributed by atoms with Crippen LogP contribution in [0.4, 0.5) is 0 Å². The minimum Gasteiger partial charge on any atom is -0.390 e. The van der Waals surface area contributed by atoms with E-state index in [1.54, 1.807) is 13.8 Å². The predicted octanol–water partition coefficient (Wildman–Crippen LogP) is 0.742. The molecule has 0 rings (SSSR count). The summed E-state index contributed by atoms with van der Waals surface area (Å²) in [4.78, 5) is 0. The molecule has 1 atom stereocenters. The van der Waals surface area contributed by atoms with Crippen molar-refractivity contribution in [3.05, 3.63) is 0 Å². The second-order valence-corrected chi connectivity index (χ2v) is 3.36. The van der Waals surface area contributed by atoms with Gasteiger partial charge >= 0.3 is 0 Å². The summed E-state index contributed by atoms with van der Waals surface area (Å²) in [6.07, 6.45) is 0.781. The molecule has 9 heavy (non-hydrogen) atoms. The molecule has 3 N–H and O–H groups in total. The second-order valence-electron chi connectivity index (χ2n) is 3.36. The average Bonchev–Trinajstić information content (AvgIpc) is 1.62. The van der Waals surface area contributed by atoms with Crippen LogP contribution in [-0.4, -0.2) is 17.3 Å². The van der Waals surface area contributed by atoms with Gasteiger partial charge in [-0.2, -0.15) is 0 Å². The summed E-state index contributed by atoms with van der Waals surface area (Å²) < 4.78 is 0. The van der Waals surface area contributed by atoms with Crippen LogP contribution in [0.3, 0.4) is 0 Å². The van der Waals surface area contributed by atoms with Crippen molar-refractivity contribution in [2.75, 3.05) is 6.54 Å². The van der Waals surface area contributed by atoms with Crippen molar-refractivity contribution in [1.82, 2.24) is 0 Å². The molecule has 0 saturated heterocycles. The lowest BCUT2D eigenvalue weighted by Crippen LogP contribution is -2.25. The maximum Gasteiger partial charge on any atom is 0.0594 e. The SMILES string of the molecule is C[C@H](CN)CC(C)(C)O. The smallest absolute Gasteiger partial charge is 0.0594 e. The Labute approximate surface area is 57.1 Å². The van der Waals surface area contributed by atoms with Gasteiger partial charge in [0.05, 0.1) is 5.60 Å². The molecule has 0 saturated carbocycles. The largest absolute Gasteiger partial charge is 0.390 e. The molecule has 2 heteroatoms. The van der Waals surface area contributed by atoms with Gasteiger partial charge in [0.2, 0.25) is 0 Å². The molecule has 0 aromatic rings. The van der Waals surface area contributed by atoms with Gasteiger partial charge in [-0.3, -0.25) is 0 Å². The quantitative estimate of drug-likeness (QED) is 0.593. The van der Waals surface area contributed by atoms with E-state index in [0.29, 0.717) is 12.5 Å². The molecule has 0 heterocycles. The van der Waals surface area contributed by atoms with E-state index in [0.717, 1.165) is 6.42 Å². The number of nitrogens with two attached hydrogens (primary N) is 1. The van der Waals surface area contributed by atoms with Gasteiger partial charge in [0, 0.05) is 0 Å². The standard InChI is InChI=1S/C7H17NO/c1-6(5-8)4-7(2,3)9/h6,9H,4-5,8H2,1-3H3/t6-/m0/s1. The van der Waals surface area contributed by atoms with Gasteiger partial charge in [-0.25, -0.2) is 0 Å². The van der Waals surface area contributed by atoms with E-state index < -0.39 is 5.60 Å². The van der Waals surface area contributed by atoms with Crippen LogP contribution in [0.25, 0.3) is 0 Å². The Morgan fingerprint density at radius 2 is 2.00 bits per heavy atom. The van der Waals surface area contributed by atoms with Crippen LogP contribution < -0.4 is 5.73 Å². The summed E-state index contributed by atoms with van der Waals surface area (Å²) in [5.74, 6) is 0.421. The van der Waals surface area contributed by atoms with E-state index in [2.05, 4.69) is 0 Å². The third-order valence-electron chi connectivity index (χ3n) is 1.25. The molecule has 0 aromatic heterocycles. The summed E-state index contributed by atoms with van der Waals surface area (Å²) in [7, 11) is 0. The third kappa shape index (κ3) is 5.80. The predicted molar refractivity (Wildman–Crippen MR) is 39.1 cm³/mol. The number of hydrogen-bond acceptors (Lipinski definition) is 2. The monoisotopic (exact) mass is 131 g/mol. The lowest BCUT2D eigenvalue weighted by Gasteiger charge is -2.20. The normalized spacial score (nSPS) is 15.7. The molecule has 0 fully saturated rings. The molecule has 0 aliphatic heterocycles. The molecule has 0 radical (unpaired) electrons. The molecule has 0 aromatic carbocycles. The van der Waals surface area contributed by atoms with Crippen molar-refractivity contribution < 1.29 is 5.11 Å². The van der Waals surface area contributed by atoms with Gasteiger partial charge in [-0.05, 0) is 32.7 Å². The maximum absolute atomic E-state index is 9.26. The van der Waals surface area contributed by atoms with Gasteiger partial charge in [0.25, 0.3) is 0 Å². The second kappa shape index (κ2) is 3.18. The highest BCUT2D eigenvalue weighted by Gasteiger charge is 2.15. The van der Waals surface area contributed by atoms with Crippen LogP contribution in [0.5, 0.6) is 0 Å². The van der Waals surface area contributed by atoms with Crippen molar-refractivity contribution in [2.24, 2.45) is 11.7 Å². The van der Waals surface area contributed by atoms with Gasteiger partial charge in [-0.15, -0.1) is 0 Å². The van der Waals surface area contributed by atoms with Crippen molar-refractivity contribution >= 4 is 0 Å². The van der Waals surface area contributed by atoms with Crippen molar-refractivity contribution in [3.8, 4) is 0 Å². The van der Waals surface area contributed by atoms with Crippen LogP contribution in [0, 0.1) is 5.92 Å². The van der Waals surface area contributed by atoms with E-state index in [1.807, 2.05) is 6.92 Å². The highest BCUT2D eigenvalue weighted by Crippen LogP contribution is 2.13. The Balaban J connectivity index is 3.47. The van der Waals surface area contributed by atoms with Crippen molar-refractivity contribution in [3.63, 3.8) is 0 Å². The van der Waals surface area contributed by atoms with Crippen molar-refractivity contribution in [2.45, 2.75) is 32.8 Å². The van der Waals surface area contributed by atoms with E-state index >= 15 is 0 Å². The zero-order valence-corrected chi connectivity index (χ0v) is 6.52. The van der Waals surface area contributed by atoms with Crippen LogP contribution in [0.1, 0.15) is 27.2 Å². The minimum absolute atomic E-state index is 0.421. The molecule has 2 nitrogen and oxygen atoms in total. The summed E-state index contributed by atoms with van der Waals surface area (Å²) in [5, 5.41) is 9.26. The summed E-state index contributed by atoms with van der Waals surface area (Å²) in [5.41, 5.74) is 4.81. The zero-order chi connectivity index (χ0) is 7.49. The van der Waals surface area contributed by atoms with Crippen molar-refractivity contribution in [1.29, 1.82) is 0 Å². The topological polar surface area (TPSA) is 46.2 Å². The lowest BCUT2D eigenvalue weighted by molar-refractivity contribution is 0.0564. The van der Waals surface area contributed by atoms with Gasteiger partial charge in [0.1, 0.15) is 0 Å². The molecule has 0 aliphatic rings. The van der Waals surface area contributed by atoms with Crippen LogP contribution >= 0.6 is 0 Å². The zero-order valence-electron chi connectivity index (χ0n) is 6.52. The van der Waals surface area contributed by atoms with Crippen LogP contribution in [0.15, 0.2) is 0 Å². The molecule has 0 aliphatic carbocycles. The molecule has 0 bridgehead atoms. The Hall–Kier alpha value is -0.0800. The molecule has 0 spiro atoms. The summed E-state index contributed by atoms with van der Waals surface area (Å²) >= 11 is 0. The minimum atomic E-state index is -0.557. The fourth-order valence-corrected chi connectivity index (χ4v) is 0.936. The lowest BCUT2D eigenvalue weighted by atomic mass is 9.95. The van der Waals surface area contributed by atoms with Gasteiger partial charge in [0.15, 0.2) is 0 Å². The first-order chi connectivity index (χ1) is 3.95. The van der Waals surface area contributed by atoms with E-state index in [-0.39, 0.29) is 0 Å². The fraction of sp³-hybridized carbons (Fsp3) is 1.00. The summed E-state index contributed by atoms with van der Waals surface area (Å²) in [6, 6.07) is 0. The van der Waals surface area contributed by atoms with Gasteiger partial charge < -0.3 is 10.8 Å². The van der Waals surface area contributed by atoms with Gasteiger partial charge in [-0.1, -0.05) is 6.92 Å². The average molecular weight is 131 g/mol. The number of rotatable bonds is 3. The first-order valence-electron chi connectivity index (χ1n) is 3.38. The highest BCUT2D eigenvalue weighted by atomic mass is 16.3. The first kappa shape index (κ1) is 8.92. The third-order valence-corrected chi connectivity index (χ3v) is 1.25. The fourth-order valence-electron chi connectivity index (χ4n) is 0.936. The van der Waals surface area contributed by atoms with E-state index in [1.165, 1.54) is 0 Å². The molecule has 56 valence electrons. The molecule has 0 amide bonds. The Bertz CT molecular complexity index is 75.5. The maximum atomic E-state index is 9.26. The number of aliphatic hydroxyl groups is 1. The Morgan fingerprint density at radius 1 is 1.56 bits per heavy atom. The van der Waals surface area contributed by atoms with E-state index in [4.69, 9.17) is 5.73 Å². The summed E-state index contributed by atoms with van der Waals surface area (Å²) in [6.45, 7) is 6.31. The Kier molecular flexibility index (Phi) is 3.15. The van der Waals surface area contributed by atoms with E-state index in [9.17, 15) is 5.11 Å². The Morgan fingerprint density at radius 3 is 2.11 bits per heavy atom. The molecular formula is C7H17NO. The highest BCUT2D eigenvalue weighted by molar-refractivity contribution is 4.69. The molecule has 0 unspecified atom stereocenters. The van der Waals surface area contributed by atoms with Crippen LogP contribution in [-0.2, 0) is 0 Å². The van der Waals surface area contributed by atoms with Crippen LogP contribution in [0.2, 0.25) is 0 Å². The molecular weight excluding hydrogens is 114 g/mol.